The molecule has 28 heavy (non-hydrogen) atoms. The van der Waals surface area contributed by atoms with Crippen LogP contribution in [-0.4, -0.2) is 44.0 Å². The number of benzene rings is 2. The van der Waals surface area contributed by atoms with E-state index in [0.29, 0.717) is 24.4 Å². The van der Waals surface area contributed by atoms with Gasteiger partial charge in [-0.2, -0.15) is 0 Å². The summed E-state index contributed by atoms with van der Waals surface area (Å²) in [5.41, 5.74) is 1.79. The summed E-state index contributed by atoms with van der Waals surface area (Å²) in [4.78, 5) is 38.2. The Balaban J connectivity index is 1.48. The van der Waals surface area contributed by atoms with Crippen LogP contribution in [0.5, 0.6) is 5.75 Å². The second-order valence-electron chi connectivity index (χ2n) is 6.55. The zero-order chi connectivity index (χ0) is 19.9. The summed E-state index contributed by atoms with van der Waals surface area (Å²) in [6.07, 6.45) is 1.52. The minimum Gasteiger partial charge on any atom is -0.489 e. The molecule has 3 amide bonds. The van der Waals surface area contributed by atoms with E-state index in [1.54, 1.807) is 31.3 Å². The minimum absolute atomic E-state index is 0.0345. The van der Waals surface area contributed by atoms with E-state index in [0.717, 1.165) is 6.42 Å². The average Bonchev–Trinajstić information content (AvgIpc) is 2.84. The summed E-state index contributed by atoms with van der Waals surface area (Å²) in [5, 5.41) is 5.05. The van der Waals surface area contributed by atoms with Crippen LogP contribution in [0.4, 0.5) is 5.69 Å². The fourth-order valence-corrected chi connectivity index (χ4v) is 3.00. The molecule has 1 aliphatic rings. The number of fused-ring (bicyclic) bond motifs is 1. The van der Waals surface area contributed by atoms with Crippen LogP contribution in [0.1, 0.15) is 12.0 Å². The van der Waals surface area contributed by atoms with Crippen molar-refractivity contribution in [1.82, 2.24) is 10.6 Å². The number of rotatable bonds is 5. The molecule has 146 valence electrons. The van der Waals surface area contributed by atoms with Gasteiger partial charge in [-0.1, -0.05) is 42.5 Å². The third kappa shape index (κ3) is 4.68. The molecular weight excluding hydrogens is 358 g/mol. The van der Waals surface area contributed by atoms with Crippen LogP contribution >= 0.6 is 0 Å². The number of nitrogens with one attached hydrogen (secondary N) is 2. The zero-order valence-electron chi connectivity index (χ0n) is 15.7. The van der Waals surface area contributed by atoms with Gasteiger partial charge in [0.15, 0.2) is 0 Å². The highest BCUT2D eigenvalue weighted by Gasteiger charge is 2.31. The van der Waals surface area contributed by atoms with Crippen LogP contribution < -0.4 is 20.3 Å². The van der Waals surface area contributed by atoms with Gasteiger partial charge in [-0.05, 0) is 30.5 Å². The Bertz CT molecular complexity index is 854. The number of para-hydroxylation sites is 2. The second-order valence-corrected chi connectivity index (χ2v) is 6.55. The molecule has 1 heterocycles. The third-order valence-corrected chi connectivity index (χ3v) is 4.54. The van der Waals surface area contributed by atoms with Crippen molar-refractivity contribution in [3.8, 4) is 5.75 Å². The van der Waals surface area contributed by atoms with Crippen molar-refractivity contribution in [1.29, 1.82) is 0 Å². The van der Waals surface area contributed by atoms with E-state index in [9.17, 15) is 14.4 Å². The summed E-state index contributed by atoms with van der Waals surface area (Å²) >= 11 is 0. The zero-order valence-corrected chi connectivity index (χ0v) is 15.7. The number of ether oxygens (including phenoxy) is 1. The van der Waals surface area contributed by atoms with Crippen molar-refractivity contribution in [2.45, 2.75) is 18.9 Å². The Morgan fingerprint density at radius 3 is 2.57 bits per heavy atom. The van der Waals surface area contributed by atoms with Gasteiger partial charge in [0.05, 0.1) is 5.69 Å². The van der Waals surface area contributed by atoms with Crippen molar-refractivity contribution in [3.63, 3.8) is 0 Å². The molecule has 0 bridgehead atoms. The van der Waals surface area contributed by atoms with E-state index in [4.69, 9.17) is 4.74 Å². The summed E-state index contributed by atoms with van der Waals surface area (Å²) in [6.45, 7) is 0.342. The predicted octanol–water partition coefficient (Wildman–Crippen LogP) is 1.28. The predicted molar refractivity (Wildman–Crippen MR) is 105 cm³/mol. The lowest BCUT2D eigenvalue weighted by Crippen LogP contribution is -2.53. The Labute approximate surface area is 163 Å². The van der Waals surface area contributed by atoms with Crippen LogP contribution in [0, 0.1) is 0 Å². The molecule has 0 radical (unpaired) electrons. The second kappa shape index (κ2) is 9.03. The van der Waals surface area contributed by atoms with Gasteiger partial charge in [-0.3, -0.25) is 14.4 Å². The number of aryl methyl sites for hydroxylation is 1. The molecule has 0 unspecified atom stereocenters. The molecule has 7 heteroatoms. The third-order valence-electron chi connectivity index (χ3n) is 4.54. The number of amides is 3. The highest BCUT2D eigenvalue weighted by molar-refractivity contribution is 6.35. The fraction of sp³-hybridized carbons (Fsp3) is 0.286. The van der Waals surface area contributed by atoms with Gasteiger partial charge in [-0.25, -0.2) is 0 Å². The maximum Gasteiger partial charge on any atom is 0.310 e. The lowest BCUT2D eigenvalue weighted by Gasteiger charge is -2.20. The van der Waals surface area contributed by atoms with Crippen LogP contribution in [0.2, 0.25) is 0 Å². The van der Waals surface area contributed by atoms with Crippen LogP contribution in [-0.2, 0) is 20.8 Å². The van der Waals surface area contributed by atoms with Crippen molar-refractivity contribution in [2.75, 3.05) is 25.1 Å². The molecular formula is C21H23N3O4. The van der Waals surface area contributed by atoms with E-state index in [-0.39, 0.29) is 12.5 Å². The van der Waals surface area contributed by atoms with Crippen LogP contribution in [0.15, 0.2) is 54.6 Å². The molecule has 1 aliphatic heterocycles. The van der Waals surface area contributed by atoms with Gasteiger partial charge in [0.1, 0.15) is 18.4 Å². The highest BCUT2D eigenvalue weighted by atomic mass is 16.5. The van der Waals surface area contributed by atoms with Gasteiger partial charge in [-0.15, -0.1) is 0 Å². The Kier molecular flexibility index (Phi) is 6.26. The first-order chi connectivity index (χ1) is 13.6. The van der Waals surface area contributed by atoms with Gasteiger partial charge in [0.2, 0.25) is 0 Å². The van der Waals surface area contributed by atoms with E-state index >= 15 is 0 Å². The van der Waals surface area contributed by atoms with E-state index in [2.05, 4.69) is 10.6 Å². The summed E-state index contributed by atoms with van der Waals surface area (Å²) < 4.78 is 5.62. The molecule has 2 N–H and O–H groups in total. The van der Waals surface area contributed by atoms with E-state index in [1.807, 2.05) is 30.3 Å². The van der Waals surface area contributed by atoms with Crippen molar-refractivity contribution >= 4 is 23.4 Å². The maximum absolute atomic E-state index is 12.6. The summed E-state index contributed by atoms with van der Waals surface area (Å²) in [7, 11) is 1.61. The highest BCUT2D eigenvalue weighted by Crippen LogP contribution is 2.29. The number of anilines is 1. The SMILES string of the molecule is CN1C(=O)[C@@H](NC(=O)C(=O)NCCCc2ccccc2)COc2ccccc21. The molecule has 0 spiro atoms. The molecule has 1 atom stereocenters. The largest absolute Gasteiger partial charge is 0.489 e. The van der Waals surface area contributed by atoms with Gasteiger partial charge in [0.25, 0.3) is 5.91 Å². The standard InChI is InChI=1S/C21H23N3O4/c1-24-17-11-5-6-12-18(17)28-14-16(21(24)27)23-20(26)19(25)22-13-7-10-15-8-3-2-4-9-15/h2-6,8-9,11-12,16H,7,10,13-14H2,1H3,(H,22,25)(H,23,26)/t16-/m0/s1. The van der Waals surface area contributed by atoms with Crippen LogP contribution in [0.25, 0.3) is 0 Å². The summed E-state index contributed by atoms with van der Waals surface area (Å²) in [5.74, 6) is -1.39. The Morgan fingerprint density at radius 2 is 1.79 bits per heavy atom. The maximum atomic E-state index is 12.6. The molecule has 2 aromatic carbocycles. The van der Waals surface area contributed by atoms with Gasteiger partial charge in [0, 0.05) is 13.6 Å². The molecule has 7 nitrogen and oxygen atoms in total. The molecule has 0 saturated carbocycles. The lowest BCUT2D eigenvalue weighted by molar-refractivity contribution is -0.140. The van der Waals surface area contributed by atoms with Crippen LogP contribution in [0.3, 0.4) is 0 Å². The van der Waals surface area contributed by atoms with Gasteiger partial charge < -0.3 is 20.3 Å². The quantitative estimate of drug-likeness (QED) is 0.603. The number of likely N-dealkylation sites (N-methyl/N-ethyl adjacent to an activating group) is 1. The Hall–Kier alpha value is -3.35. The minimum atomic E-state index is -0.931. The first-order valence-corrected chi connectivity index (χ1v) is 9.18. The monoisotopic (exact) mass is 381 g/mol. The molecule has 0 aromatic heterocycles. The fourth-order valence-electron chi connectivity index (χ4n) is 3.00. The number of nitrogens with zero attached hydrogens (tertiary/aromatic N) is 1. The lowest BCUT2D eigenvalue weighted by atomic mass is 10.1. The van der Waals surface area contributed by atoms with E-state index in [1.165, 1.54) is 10.5 Å². The molecule has 0 fully saturated rings. The average molecular weight is 381 g/mol. The number of carbonyl (C=O) groups excluding carboxylic acids is 3. The number of hydrogen-bond donors (Lipinski definition) is 2. The van der Waals surface area contributed by atoms with E-state index < -0.39 is 17.9 Å². The topological polar surface area (TPSA) is 87.7 Å². The molecule has 2 aromatic rings. The number of hydrogen-bond acceptors (Lipinski definition) is 4. The molecule has 0 aliphatic carbocycles. The molecule has 0 saturated heterocycles. The first kappa shape index (κ1) is 19.4. The van der Waals surface area contributed by atoms with Gasteiger partial charge >= 0.3 is 11.8 Å². The number of carbonyl (C=O) groups is 3. The Morgan fingerprint density at radius 1 is 1.07 bits per heavy atom. The smallest absolute Gasteiger partial charge is 0.310 e. The summed E-state index contributed by atoms with van der Waals surface area (Å²) in [6, 6.07) is 16.1. The molecule has 3 rings (SSSR count). The van der Waals surface area contributed by atoms with Crippen molar-refractivity contribution < 1.29 is 19.1 Å². The van der Waals surface area contributed by atoms with Crippen molar-refractivity contribution in [2.24, 2.45) is 0 Å². The first-order valence-electron chi connectivity index (χ1n) is 9.18. The van der Waals surface area contributed by atoms with Crippen molar-refractivity contribution in [3.05, 3.63) is 60.2 Å². The normalized spacial score (nSPS) is 15.8.